The maximum absolute atomic E-state index is 11.7. The van der Waals surface area contributed by atoms with Crippen molar-refractivity contribution in [3.05, 3.63) is 133 Å². The number of aromatic amines is 3. The third kappa shape index (κ3) is 5.79. The predicted molar refractivity (Wildman–Crippen MR) is 191 cm³/mol. The number of aliphatic carboxylic acids is 2. The van der Waals surface area contributed by atoms with E-state index >= 15 is 0 Å². The van der Waals surface area contributed by atoms with E-state index in [4.69, 9.17) is 0 Å². The molecule has 1 aromatic carbocycles. The molecular weight excluding hydrogens is 600 g/mol. The van der Waals surface area contributed by atoms with Crippen LogP contribution in [0.2, 0.25) is 0 Å². The van der Waals surface area contributed by atoms with Crippen LogP contribution in [0.15, 0.2) is 61.0 Å². The van der Waals surface area contributed by atoms with Gasteiger partial charge in [0, 0.05) is 75.0 Å². The molecule has 2 atom stereocenters. The van der Waals surface area contributed by atoms with Crippen molar-refractivity contribution in [1.29, 1.82) is 0 Å². The molecule has 8 nitrogen and oxygen atoms in total. The van der Waals surface area contributed by atoms with Gasteiger partial charge in [-0.25, -0.2) is 0 Å². The molecule has 246 valence electrons. The second-order valence-electron chi connectivity index (χ2n) is 12.8. The van der Waals surface area contributed by atoms with E-state index in [0.717, 1.165) is 89.4 Å². The van der Waals surface area contributed by atoms with E-state index in [-0.39, 0.29) is 24.7 Å². The first-order valence-corrected chi connectivity index (χ1v) is 16.3. The maximum Gasteiger partial charge on any atom is 0.303 e. The number of rotatable bonds is 9. The number of aromatic nitrogens is 3. The fourth-order valence-corrected chi connectivity index (χ4v) is 7.26. The van der Waals surface area contributed by atoms with Crippen molar-refractivity contribution in [3.8, 4) is 0 Å². The largest absolute Gasteiger partial charge is 0.481 e. The molecule has 1 saturated heterocycles. The highest BCUT2D eigenvalue weighted by atomic mass is 16.4. The van der Waals surface area contributed by atoms with Gasteiger partial charge in [-0.3, -0.25) is 9.59 Å². The summed E-state index contributed by atoms with van der Waals surface area (Å²) in [6.45, 7) is 16.7. The lowest BCUT2D eigenvalue weighted by molar-refractivity contribution is -0.138. The quantitative estimate of drug-likeness (QED) is 0.123. The number of nitrogens with one attached hydrogen (secondary N) is 4. The van der Waals surface area contributed by atoms with E-state index in [1.165, 1.54) is 0 Å². The Morgan fingerprint density at radius 3 is 2.08 bits per heavy atom. The molecular formula is C40H42N4O4. The van der Waals surface area contributed by atoms with Crippen LogP contribution in [0.1, 0.15) is 81.5 Å². The summed E-state index contributed by atoms with van der Waals surface area (Å²) in [7, 11) is 0. The van der Waals surface area contributed by atoms with Gasteiger partial charge >= 0.3 is 11.9 Å². The summed E-state index contributed by atoms with van der Waals surface area (Å²) in [6, 6.07) is 10.3. The Balaban J connectivity index is 1.74. The molecule has 0 saturated carbocycles. The van der Waals surface area contributed by atoms with Crippen molar-refractivity contribution >= 4 is 41.8 Å². The van der Waals surface area contributed by atoms with Gasteiger partial charge in [0.1, 0.15) is 0 Å². The minimum absolute atomic E-state index is 0.00270. The topological polar surface area (TPSA) is 134 Å². The number of carboxylic acid groups (broad SMARTS) is 2. The average Bonchev–Trinajstić information content (AvgIpc) is 3.72. The standard InChI is InChI=1S/C40H42N4O4/c1-7-26-24(6)39-38(25-12-10-9-11-13-25)40-27(8-2)21(3)32(43-40)18-30-22(4)28(14-16-36(45)46)34(41-30)20-35-29(15-17-37(47)48)23(5)31(42-35)19-33(26)44-39/h7-13,18-20,24,26,41-44H,1-2,14-17H2,3-6H3,(H,45,46)(H,47,48)/b30-18-,33-19-,34-20-,39-38-. The minimum Gasteiger partial charge on any atom is -0.481 e. The Hall–Kier alpha value is -5.50. The van der Waals surface area contributed by atoms with Crippen LogP contribution in [-0.2, 0) is 22.4 Å². The van der Waals surface area contributed by atoms with E-state index in [0.29, 0.717) is 12.8 Å². The number of benzene rings is 1. The molecule has 4 aromatic rings. The Labute approximate surface area is 280 Å². The zero-order chi connectivity index (χ0) is 34.3. The second kappa shape index (κ2) is 13.0. The Bertz CT molecular complexity index is 2150. The van der Waals surface area contributed by atoms with E-state index < -0.39 is 11.9 Å². The number of fused-ring (bicyclic) bond motifs is 8. The van der Waals surface area contributed by atoms with Gasteiger partial charge in [-0.15, -0.1) is 6.58 Å². The molecule has 2 unspecified atom stereocenters. The Morgan fingerprint density at radius 2 is 1.44 bits per heavy atom. The van der Waals surface area contributed by atoms with E-state index in [1.54, 1.807) is 0 Å². The molecule has 2 aliphatic rings. The first kappa shape index (κ1) is 32.4. The van der Waals surface area contributed by atoms with Crippen LogP contribution in [0.25, 0.3) is 29.9 Å². The molecule has 0 radical (unpaired) electrons. The zero-order valence-electron chi connectivity index (χ0n) is 27.9. The van der Waals surface area contributed by atoms with Gasteiger partial charge < -0.3 is 30.5 Å². The highest BCUT2D eigenvalue weighted by Gasteiger charge is 2.34. The van der Waals surface area contributed by atoms with Crippen LogP contribution < -0.4 is 16.0 Å². The molecule has 5 heterocycles. The predicted octanol–water partition coefficient (Wildman–Crippen LogP) is 6.09. The summed E-state index contributed by atoms with van der Waals surface area (Å²) in [5.74, 6) is -1.66. The number of hydrogen-bond acceptors (Lipinski definition) is 3. The number of hydrogen-bond donors (Lipinski definition) is 6. The van der Waals surface area contributed by atoms with Gasteiger partial charge in [-0.2, -0.15) is 0 Å². The van der Waals surface area contributed by atoms with Crippen LogP contribution in [-0.4, -0.2) is 37.1 Å². The zero-order valence-corrected chi connectivity index (χ0v) is 27.9. The normalized spacial score (nSPS) is 20.9. The first-order chi connectivity index (χ1) is 23.0. The molecule has 0 aliphatic carbocycles. The van der Waals surface area contributed by atoms with Gasteiger partial charge in [0.2, 0.25) is 0 Å². The van der Waals surface area contributed by atoms with Crippen molar-refractivity contribution in [3.63, 3.8) is 0 Å². The third-order valence-electron chi connectivity index (χ3n) is 9.97. The summed E-state index contributed by atoms with van der Waals surface area (Å²) < 4.78 is 0. The van der Waals surface area contributed by atoms with Gasteiger partial charge in [0.05, 0.1) is 5.69 Å². The van der Waals surface area contributed by atoms with Gasteiger partial charge in [-0.05, 0) is 85.2 Å². The van der Waals surface area contributed by atoms with E-state index in [2.05, 4.69) is 71.6 Å². The van der Waals surface area contributed by atoms with Gasteiger partial charge in [0.15, 0.2) is 0 Å². The molecule has 48 heavy (non-hydrogen) atoms. The van der Waals surface area contributed by atoms with E-state index in [1.807, 2.05) is 50.3 Å². The van der Waals surface area contributed by atoms with Gasteiger partial charge in [-0.1, -0.05) is 56.0 Å². The number of allylic oxidation sites excluding steroid dienone is 2. The fourth-order valence-electron chi connectivity index (χ4n) is 7.26. The van der Waals surface area contributed by atoms with E-state index in [9.17, 15) is 19.8 Å². The average molecular weight is 643 g/mol. The molecule has 6 rings (SSSR count). The second-order valence-corrected chi connectivity index (χ2v) is 12.8. The Morgan fingerprint density at radius 1 is 0.792 bits per heavy atom. The fraction of sp³-hybridized carbons (Fsp3) is 0.250. The van der Waals surface area contributed by atoms with Crippen LogP contribution in [0.3, 0.4) is 0 Å². The SMILES string of the molecule is C=Cc1c2[nH]c(c1C)/C=c1\[nH]/c(c(CCC(=O)O)c1C)=C\c1[nH]c(c(C)c1CCC(=O)O)/C=C1\N/C(=C\2c2ccccc2)C(C)C1C=C. The monoisotopic (exact) mass is 642 g/mol. The smallest absolute Gasteiger partial charge is 0.303 e. The van der Waals surface area contributed by atoms with Crippen molar-refractivity contribution in [1.82, 2.24) is 20.3 Å². The van der Waals surface area contributed by atoms with Crippen LogP contribution >= 0.6 is 0 Å². The molecule has 1 fully saturated rings. The summed E-state index contributed by atoms with van der Waals surface area (Å²) in [6.07, 6.45) is 10.7. The minimum atomic E-state index is -0.868. The maximum atomic E-state index is 11.7. The van der Waals surface area contributed by atoms with Crippen molar-refractivity contribution in [2.45, 2.75) is 53.4 Å². The third-order valence-corrected chi connectivity index (χ3v) is 9.97. The summed E-state index contributed by atoms with van der Waals surface area (Å²) in [4.78, 5) is 34.3. The van der Waals surface area contributed by atoms with Crippen LogP contribution in [0.4, 0.5) is 0 Å². The molecule has 0 spiro atoms. The van der Waals surface area contributed by atoms with Crippen LogP contribution in [0.5, 0.6) is 0 Å². The molecule has 6 N–H and O–H groups in total. The summed E-state index contributed by atoms with van der Waals surface area (Å²) >= 11 is 0. The molecule has 0 amide bonds. The molecule has 3 aromatic heterocycles. The van der Waals surface area contributed by atoms with Crippen molar-refractivity contribution in [2.24, 2.45) is 11.8 Å². The van der Waals surface area contributed by atoms with Gasteiger partial charge in [0.25, 0.3) is 0 Å². The van der Waals surface area contributed by atoms with Crippen LogP contribution in [0, 0.1) is 32.6 Å². The lowest BCUT2D eigenvalue weighted by Crippen LogP contribution is -2.14. The van der Waals surface area contributed by atoms with Crippen molar-refractivity contribution < 1.29 is 19.8 Å². The highest BCUT2D eigenvalue weighted by Crippen LogP contribution is 2.42. The summed E-state index contributed by atoms with van der Waals surface area (Å²) in [5.41, 5.74) is 13.5. The number of carbonyl (C=O) groups is 2. The summed E-state index contributed by atoms with van der Waals surface area (Å²) in [5, 5.41) is 24.6. The Kier molecular flexibility index (Phi) is 8.75. The van der Waals surface area contributed by atoms with Crippen molar-refractivity contribution in [2.75, 3.05) is 0 Å². The number of H-pyrrole nitrogens is 3. The molecule has 8 bridgehead atoms. The first-order valence-electron chi connectivity index (χ1n) is 16.3. The lowest BCUT2D eigenvalue weighted by atomic mass is 9.87. The number of carboxylic acids is 2. The molecule has 8 heteroatoms. The lowest BCUT2D eigenvalue weighted by Gasteiger charge is -2.17. The highest BCUT2D eigenvalue weighted by molar-refractivity contribution is 5.88. The molecule has 2 aliphatic heterocycles.